The summed E-state index contributed by atoms with van der Waals surface area (Å²) in [5, 5.41) is 10.9. The molecule has 0 aliphatic carbocycles. The average molecular weight is 550 g/mol. The number of H-pyrrole nitrogens is 1. The first-order valence-corrected chi connectivity index (χ1v) is 14.5. The molecule has 3 aromatic carbocycles. The molecule has 0 bridgehead atoms. The van der Waals surface area contributed by atoms with Gasteiger partial charge in [-0.25, -0.2) is 0 Å². The molecule has 7 nitrogen and oxygen atoms in total. The molecule has 0 unspecified atom stereocenters. The monoisotopic (exact) mass is 549 g/mol. The van der Waals surface area contributed by atoms with Gasteiger partial charge in [0.2, 0.25) is 0 Å². The molecule has 1 aliphatic heterocycles. The largest absolute Gasteiger partial charge is 0.331 e. The van der Waals surface area contributed by atoms with Crippen LogP contribution >= 0.6 is 0 Å². The number of piperidine rings is 1. The molecule has 1 saturated heterocycles. The minimum Gasteiger partial charge on any atom is -0.331 e. The molecule has 1 aromatic heterocycles. The van der Waals surface area contributed by atoms with E-state index >= 15 is 0 Å². The minimum absolute atomic E-state index is 0.0391. The van der Waals surface area contributed by atoms with Crippen LogP contribution in [0.25, 0.3) is 17.0 Å². The lowest BCUT2D eigenvalue weighted by Crippen LogP contribution is -2.47. The predicted molar refractivity (Wildman–Crippen MR) is 166 cm³/mol. The van der Waals surface area contributed by atoms with Gasteiger partial charge in [-0.2, -0.15) is 5.10 Å². The van der Waals surface area contributed by atoms with Gasteiger partial charge in [0.15, 0.2) is 0 Å². The molecule has 4 aromatic rings. The fraction of sp³-hybridized carbons (Fsp3) is 0.324. The highest BCUT2D eigenvalue weighted by atomic mass is 16.2. The van der Waals surface area contributed by atoms with Crippen LogP contribution in [-0.2, 0) is 6.54 Å². The van der Waals surface area contributed by atoms with E-state index in [1.54, 1.807) is 12.3 Å². The number of anilines is 1. The standard InChI is InChI=1S/C34H39N5O2/c1-4-25-5-11-28(12-6-25)34(41)39(31-16-19-38(20-17-31)18-15-24(2)3)23-26-7-9-27(10-8-26)33(40)36-30-14-13-29-22-35-37-32(29)21-30/h4-14,21-22,24,31H,1,15-20,23H2,2-3H3,(H,35,37)(H,36,40). The smallest absolute Gasteiger partial charge is 0.255 e. The van der Waals surface area contributed by atoms with Gasteiger partial charge in [0.25, 0.3) is 11.8 Å². The summed E-state index contributed by atoms with van der Waals surface area (Å²) >= 11 is 0. The SMILES string of the molecule is C=Cc1ccc(C(=O)N(Cc2ccc(C(=O)Nc3ccc4cn[nH]c4c3)cc2)C2CCN(CCC(C)C)CC2)cc1. The van der Waals surface area contributed by atoms with Crippen molar-refractivity contribution in [3.05, 3.63) is 102 Å². The van der Waals surface area contributed by atoms with Crippen molar-refractivity contribution in [3.8, 4) is 0 Å². The number of hydrogen-bond acceptors (Lipinski definition) is 4. The predicted octanol–water partition coefficient (Wildman–Crippen LogP) is 6.61. The maximum Gasteiger partial charge on any atom is 0.255 e. The molecule has 7 heteroatoms. The number of nitrogens with zero attached hydrogens (tertiary/aromatic N) is 3. The number of aromatic nitrogens is 2. The number of fused-ring (bicyclic) bond motifs is 1. The van der Waals surface area contributed by atoms with Gasteiger partial charge in [-0.05, 0) is 85.3 Å². The fourth-order valence-corrected chi connectivity index (χ4v) is 5.37. The summed E-state index contributed by atoms with van der Waals surface area (Å²) in [6.07, 6.45) is 6.64. The van der Waals surface area contributed by atoms with Crippen molar-refractivity contribution in [1.29, 1.82) is 0 Å². The second kappa shape index (κ2) is 13.0. The van der Waals surface area contributed by atoms with Crippen LogP contribution in [-0.4, -0.2) is 57.5 Å². The van der Waals surface area contributed by atoms with Crippen molar-refractivity contribution in [1.82, 2.24) is 20.0 Å². The molecule has 0 atom stereocenters. The first-order chi connectivity index (χ1) is 19.9. The summed E-state index contributed by atoms with van der Waals surface area (Å²) in [4.78, 5) is 31.3. The second-order valence-corrected chi connectivity index (χ2v) is 11.3. The molecule has 5 rings (SSSR count). The molecule has 1 fully saturated rings. The van der Waals surface area contributed by atoms with Gasteiger partial charge in [0, 0.05) is 47.9 Å². The number of carbonyl (C=O) groups excluding carboxylic acids is 2. The topological polar surface area (TPSA) is 81.3 Å². The highest BCUT2D eigenvalue weighted by Gasteiger charge is 2.29. The minimum atomic E-state index is -0.181. The van der Waals surface area contributed by atoms with E-state index in [4.69, 9.17) is 0 Å². The van der Waals surface area contributed by atoms with Crippen LogP contribution in [0.3, 0.4) is 0 Å². The van der Waals surface area contributed by atoms with Gasteiger partial charge in [-0.3, -0.25) is 14.7 Å². The van der Waals surface area contributed by atoms with E-state index < -0.39 is 0 Å². The summed E-state index contributed by atoms with van der Waals surface area (Å²) in [5.74, 6) is 0.547. The van der Waals surface area contributed by atoms with E-state index in [1.807, 2.05) is 71.6 Å². The molecule has 2 heterocycles. The molecular weight excluding hydrogens is 510 g/mol. The Hall–Kier alpha value is -4.23. The lowest BCUT2D eigenvalue weighted by Gasteiger charge is -2.39. The van der Waals surface area contributed by atoms with Crippen molar-refractivity contribution in [3.63, 3.8) is 0 Å². The Morgan fingerprint density at radius 1 is 1.05 bits per heavy atom. The van der Waals surface area contributed by atoms with E-state index in [9.17, 15) is 9.59 Å². The maximum absolute atomic E-state index is 13.8. The van der Waals surface area contributed by atoms with Gasteiger partial charge in [-0.15, -0.1) is 0 Å². The molecule has 0 radical (unpaired) electrons. The highest BCUT2D eigenvalue weighted by molar-refractivity contribution is 6.05. The fourth-order valence-electron chi connectivity index (χ4n) is 5.37. The van der Waals surface area contributed by atoms with Crippen LogP contribution in [0.5, 0.6) is 0 Å². The highest BCUT2D eigenvalue weighted by Crippen LogP contribution is 2.23. The van der Waals surface area contributed by atoms with Crippen LogP contribution in [0.4, 0.5) is 5.69 Å². The zero-order valence-electron chi connectivity index (χ0n) is 24.0. The van der Waals surface area contributed by atoms with Crippen LogP contribution in [0.1, 0.15) is 65.0 Å². The lowest BCUT2D eigenvalue weighted by molar-refractivity contribution is 0.0546. The van der Waals surface area contributed by atoms with Crippen molar-refractivity contribution >= 4 is 34.5 Å². The number of carbonyl (C=O) groups is 2. The van der Waals surface area contributed by atoms with Crippen molar-refractivity contribution in [2.45, 2.75) is 45.7 Å². The Labute approximate surface area is 242 Å². The Morgan fingerprint density at radius 2 is 1.76 bits per heavy atom. The van der Waals surface area contributed by atoms with Crippen LogP contribution < -0.4 is 5.32 Å². The van der Waals surface area contributed by atoms with Gasteiger partial charge in [-0.1, -0.05) is 50.8 Å². The molecular formula is C34H39N5O2. The Bertz CT molecular complexity index is 1480. The maximum atomic E-state index is 13.8. The number of rotatable bonds is 10. The van der Waals surface area contributed by atoms with E-state index in [0.29, 0.717) is 29.3 Å². The van der Waals surface area contributed by atoms with Crippen molar-refractivity contribution in [2.75, 3.05) is 25.0 Å². The van der Waals surface area contributed by atoms with Gasteiger partial charge < -0.3 is 15.1 Å². The normalized spacial score (nSPS) is 14.3. The lowest BCUT2D eigenvalue weighted by atomic mass is 9.99. The Morgan fingerprint density at radius 3 is 2.44 bits per heavy atom. The third-order valence-electron chi connectivity index (χ3n) is 7.94. The quantitative estimate of drug-likeness (QED) is 0.233. The van der Waals surface area contributed by atoms with Crippen LogP contribution in [0.15, 0.2) is 79.5 Å². The van der Waals surface area contributed by atoms with Crippen molar-refractivity contribution < 1.29 is 9.59 Å². The molecule has 1 aliphatic rings. The van der Waals surface area contributed by atoms with Crippen molar-refractivity contribution in [2.24, 2.45) is 5.92 Å². The molecule has 2 amide bonds. The molecule has 2 N–H and O–H groups in total. The van der Waals surface area contributed by atoms with E-state index in [0.717, 1.165) is 54.5 Å². The summed E-state index contributed by atoms with van der Waals surface area (Å²) in [5.41, 5.74) is 4.81. The van der Waals surface area contributed by atoms with E-state index in [1.165, 1.54) is 6.42 Å². The van der Waals surface area contributed by atoms with E-state index in [-0.39, 0.29) is 17.9 Å². The van der Waals surface area contributed by atoms with Gasteiger partial charge >= 0.3 is 0 Å². The number of aromatic amines is 1. The van der Waals surface area contributed by atoms with Gasteiger partial charge in [0.05, 0.1) is 11.7 Å². The molecule has 41 heavy (non-hydrogen) atoms. The summed E-state index contributed by atoms with van der Waals surface area (Å²) in [7, 11) is 0. The molecule has 0 spiro atoms. The number of amides is 2. The Kier molecular flexibility index (Phi) is 8.95. The average Bonchev–Trinajstić information content (AvgIpc) is 3.47. The number of hydrogen-bond donors (Lipinski definition) is 2. The van der Waals surface area contributed by atoms with Crippen LogP contribution in [0.2, 0.25) is 0 Å². The number of nitrogens with one attached hydrogen (secondary N) is 2. The zero-order chi connectivity index (χ0) is 28.8. The summed E-state index contributed by atoms with van der Waals surface area (Å²) in [6, 6.07) is 21.0. The molecule has 0 saturated carbocycles. The first-order valence-electron chi connectivity index (χ1n) is 14.5. The first kappa shape index (κ1) is 28.3. The van der Waals surface area contributed by atoms with Gasteiger partial charge in [0.1, 0.15) is 0 Å². The van der Waals surface area contributed by atoms with E-state index in [2.05, 4.69) is 40.8 Å². The number of benzene rings is 3. The number of likely N-dealkylation sites (tertiary alicyclic amines) is 1. The molecule has 212 valence electrons. The summed E-state index contributed by atoms with van der Waals surface area (Å²) < 4.78 is 0. The zero-order valence-corrected chi connectivity index (χ0v) is 24.0. The second-order valence-electron chi connectivity index (χ2n) is 11.3. The third kappa shape index (κ3) is 7.11. The van der Waals surface area contributed by atoms with Crippen LogP contribution in [0, 0.1) is 5.92 Å². The third-order valence-corrected chi connectivity index (χ3v) is 7.94. The Balaban J connectivity index is 1.28. The summed E-state index contributed by atoms with van der Waals surface area (Å²) in [6.45, 7) is 12.0.